The van der Waals surface area contributed by atoms with Gasteiger partial charge < -0.3 is 5.32 Å². The first-order valence-corrected chi connectivity index (χ1v) is 11.7. The highest BCUT2D eigenvalue weighted by molar-refractivity contribution is 7.88. The first-order valence-electron chi connectivity index (χ1n) is 10.1. The Morgan fingerprint density at radius 1 is 1.03 bits per heavy atom. The van der Waals surface area contributed by atoms with Gasteiger partial charge in [-0.05, 0) is 49.2 Å². The standard InChI is InChI=1S/C22H23FN6O2S/c1-15(2)28-32(30,31)13-17-6-4-3-5-16(17)11-24-21-20-12-27-29(22(20)26-14-25-21)19-9-7-18(23)8-10-19/h3-10,12,14-15,28H,11,13H2,1-2H3,(H,24,25,26). The lowest BCUT2D eigenvalue weighted by Crippen LogP contribution is -2.31. The van der Waals surface area contributed by atoms with Gasteiger partial charge in [0, 0.05) is 12.6 Å². The van der Waals surface area contributed by atoms with Crippen LogP contribution in [-0.4, -0.2) is 34.2 Å². The molecule has 32 heavy (non-hydrogen) atoms. The fraction of sp³-hybridized carbons (Fsp3) is 0.227. The van der Waals surface area contributed by atoms with Crippen molar-refractivity contribution < 1.29 is 12.8 Å². The fourth-order valence-corrected chi connectivity index (χ4v) is 4.90. The number of benzene rings is 2. The summed E-state index contributed by atoms with van der Waals surface area (Å²) in [6.45, 7) is 3.95. The van der Waals surface area contributed by atoms with Gasteiger partial charge >= 0.3 is 0 Å². The van der Waals surface area contributed by atoms with Gasteiger partial charge in [-0.15, -0.1) is 0 Å². The van der Waals surface area contributed by atoms with Crippen LogP contribution in [0.15, 0.2) is 61.1 Å². The maximum atomic E-state index is 13.3. The Morgan fingerprint density at radius 3 is 2.47 bits per heavy atom. The second-order valence-electron chi connectivity index (χ2n) is 7.65. The molecule has 0 saturated carbocycles. The van der Waals surface area contributed by atoms with E-state index in [-0.39, 0.29) is 17.6 Å². The largest absolute Gasteiger partial charge is 0.365 e. The normalized spacial score (nSPS) is 11.9. The summed E-state index contributed by atoms with van der Waals surface area (Å²) in [5, 5.41) is 8.33. The number of halogens is 1. The van der Waals surface area contributed by atoms with Crippen LogP contribution >= 0.6 is 0 Å². The Kier molecular flexibility index (Phi) is 6.15. The van der Waals surface area contributed by atoms with Crippen LogP contribution in [-0.2, 0) is 22.3 Å². The molecule has 0 atom stereocenters. The lowest BCUT2D eigenvalue weighted by molar-refractivity contribution is 0.569. The molecule has 0 fully saturated rings. The molecule has 166 valence electrons. The highest BCUT2D eigenvalue weighted by atomic mass is 32.2. The van der Waals surface area contributed by atoms with Crippen molar-refractivity contribution in [2.24, 2.45) is 0 Å². The average molecular weight is 455 g/mol. The van der Waals surface area contributed by atoms with Crippen LogP contribution in [0.5, 0.6) is 0 Å². The maximum absolute atomic E-state index is 13.3. The number of fused-ring (bicyclic) bond motifs is 1. The molecule has 0 bridgehead atoms. The number of rotatable bonds is 8. The van der Waals surface area contributed by atoms with E-state index in [1.807, 2.05) is 18.2 Å². The number of hydrogen-bond donors (Lipinski definition) is 2. The van der Waals surface area contributed by atoms with E-state index < -0.39 is 10.0 Å². The van der Waals surface area contributed by atoms with Crippen molar-refractivity contribution in [2.45, 2.75) is 32.2 Å². The first-order chi connectivity index (χ1) is 15.3. The second-order valence-corrected chi connectivity index (χ2v) is 9.40. The maximum Gasteiger partial charge on any atom is 0.216 e. The lowest BCUT2D eigenvalue weighted by Gasteiger charge is -2.13. The summed E-state index contributed by atoms with van der Waals surface area (Å²) >= 11 is 0. The van der Waals surface area contributed by atoms with Gasteiger partial charge in [0.2, 0.25) is 10.0 Å². The molecular formula is C22H23FN6O2S. The molecule has 4 rings (SSSR count). The van der Waals surface area contributed by atoms with E-state index in [9.17, 15) is 12.8 Å². The molecule has 2 aromatic carbocycles. The summed E-state index contributed by atoms with van der Waals surface area (Å²) in [6, 6.07) is 13.2. The number of hydrogen-bond acceptors (Lipinski definition) is 6. The van der Waals surface area contributed by atoms with Crippen molar-refractivity contribution in [3.63, 3.8) is 0 Å². The van der Waals surface area contributed by atoms with Crippen LogP contribution in [0, 0.1) is 5.82 Å². The van der Waals surface area contributed by atoms with Gasteiger partial charge in [0.1, 0.15) is 18.0 Å². The molecule has 0 aliphatic rings. The third-order valence-corrected chi connectivity index (χ3v) is 6.28. The van der Waals surface area contributed by atoms with E-state index in [4.69, 9.17) is 0 Å². The quantitative estimate of drug-likeness (QED) is 0.423. The number of anilines is 1. The minimum Gasteiger partial charge on any atom is -0.365 e. The summed E-state index contributed by atoms with van der Waals surface area (Å²) < 4.78 is 42.2. The van der Waals surface area contributed by atoms with Crippen molar-refractivity contribution in [2.75, 3.05) is 5.32 Å². The van der Waals surface area contributed by atoms with Crippen LogP contribution in [0.3, 0.4) is 0 Å². The van der Waals surface area contributed by atoms with Gasteiger partial charge in [-0.25, -0.2) is 32.2 Å². The molecule has 0 radical (unpaired) electrons. The third-order valence-electron chi connectivity index (χ3n) is 4.76. The summed E-state index contributed by atoms with van der Waals surface area (Å²) in [5.74, 6) is 0.137. The van der Waals surface area contributed by atoms with E-state index in [1.54, 1.807) is 42.9 Å². The minimum absolute atomic E-state index is 0.106. The van der Waals surface area contributed by atoms with Gasteiger partial charge in [-0.3, -0.25) is 0 Å². The van der Waals surface area contributed by atoms with Gasteiger partial charge in [0.25, 0.3) is 0 Å². The van der Waals surface area contributed by atoms with Gasteiger partial charge in [-0.1, -0.05) is 24.3 Å². The summed E-state index contributed by atoms with van der Waals surface area (Å²) in [4.78, 5) is 8.64. The molecular weight excluding hydrogens is 431 g/mol. The summed E-state index contributed by atoms with van der Waals surface area (Å²) in [6.07, 6.45) is 3.07. The SMILES string of the molecule is CC(C)NS(=O)(=O)Cc1ccccc1CNc1ncnc2c1cnn2-c1ccc(F)cc1. The molecule has 4 aromatic rings. The molecule has 8 nitrogen and oxygen atoms in total. The molecule has 2 heterocycles. The predicted molar refractivity (Wildman–Crippen MR) is 121 cm³/mol. The summed E-state index contributed by atoms with van der Waals surface area (Å²) in [7, 11) is -3.45. The van der Waals surface area contributed by atoms with Crippen molar-refractivity contribution >= 4 is 26.9 Å². The first kappa shape index (κ1) is 21.8. The van der Waals surface area contributed by atoms with Crippen LogP contribution in [0.1, 0.15) is 25.0 Å². The lowest BCUT2D eigenvalue weighted by atomic mass is 10.1. The molecule has 0 spiro atoms. The van der Waals surface area contributed by atoms with Crippen molar-refractivity contribution in [3.05, 3.63) is 78.0 Å². The Hall–Kier alpha value is -3.37. The summed E-state index contributed by atoms with van der Waals surface area (Å²) in [5.41, 5.74) is 2.81. The monoisotopic (exact) mass is 454 g/mol. The molecule has 10 heteroatoms. The third kappa shape index (κ3) is 4.92. The predicted octanol–water partition coefficient (Wildman–Crippen LogP) is 3.39. The number of sulfonamides is 1. The molecule has 0 amide bonds. The topological polar surface area (TPSA) is 102 Å². The highest BCUT2D eigenvalue weighted by Crippen LogP contribution is 2.23. The number of nitrogens with zero attached hydrogens (tertiary/aromatic N) is 4. The molecule has 0 saturated heterocycles. The fourth-order valence-electron chi connectivity index (χ4n) is 3.41. The molecule has 0 aliphatic heterocycles. The Balaban J connectivity index is 1.58. The Morgan fingerprint density at radius 2 is 1.75 bits per heavy atom. The Bertz CT molecular complexity index is 1340. The number of aromatic nitrogens is 4. The van der Waals surface area contributed by atoms with E-state index in [0.29, 0.717) is 34.6 Å². The second kappa shape index (κ2) is 9.01. The van der Waals surface area contributed by atoms with E-state index >= 15 is 0 Å². The van der Waals surface area contributed by atoms with E-state index in [0.717, 1.165) is 5.56 Å². The van der Waals surface area contributed by atoms with Crippen molar-refractivity contribution in [1.82, 2.24) is 24.5 Å². The van der Waals surface area contributed by atoms with E-state index in [1.165, 1.54) is 18.5 Å². The van der Waals surface area contributed by atoms with Crippen LogP contribution in [0.2, 0.25) is 0 Å². The van der Waals surface area contributed by atoms with Crippen molar-refractivity contribution in [1.29, 1.82) is 0 Å². The zero-order chi connectivity index (χ0) is 22.7. The molecule has 0 unspecified atom stereocenters. The minimum atomic E-state index is -3.45. The zero-order valence-electron chi connectivity index (χ0n) is 17.7. The van der Waals surface area contributed by atoms with E-state index in [2.05, 4.69) is 25.1 Å². The zero-order valence-corrected chi connectivity index (χ0v) is 18.5. The van der Waals surface area contributed by atoms with Crippen LogP contribution in [0.25, 0.3) is 16.7 Å². The highest BCUT2D eigenvalue weighted by Gasteiger charge is 2.16. The van der Waals surface area contributed by atoms with Gasteiger partial charge in [0.15, 0.2) is 5.65 Å². The Labute approximate surface area is 185 Å². The van der Waals surface area contributed by atoms with Crippen LogP contribution in [0.4, 0.5) is 10.2 Å². The van der Waals surface area contributed by atoms with Crippen molar-refractivity contribution in [3.8, 4) is 5.69 Å². The van der Waals surface area contributed by atoms with Gasteiger partial charge in [0.05, 0.1) is 23.0 Å². The van der Waals surface area contributed by atoms with Gasteiger partial charge in [-0.2, -0.15) is 5.10 Å². The molecule has 2 N–H and O–H groups in total. The molecule has 0 aliphatic carbocycles. The van der Waals surface area contributed by atoms with Crippen LogP contribution < -0.4 is 10.0 Å². The number of nitrogens with one attached hydrogen (secondary N) is 2. The molecule has 2 aromatic heterocycles. The smallest absolute Gasteiger partial charge is 0.216 e. The average Bonchev–Trinajstić information content (AvgIpc) is 3.17.